The van der Waals surface area contributed by atoms with Gasteiger partial charge in [-0.3, -0.25) is 9.11 Å². The van der Waals surface area contributed by atoms with Gasteiger partial charge in [0, 0.05) is 52.5 Å². The van der Waals surface area contributed by atoms with Gasteiger partial charge in [-0.2, -0.15) is 21.4 Å². The smallest absolute Gasteiger partial charge is 0.264 e. The van der Waals surface area contributed by atoms with Crippen molar-refractivity contribution in [3.8, 4) is 0 Å². The van der Waals surface area contributed by atoms with E-state index in [-0.39, 0.29) is 22.3 Å². The Morgan fingerprint density at radius 3 is 2.22 bits per heavy atom. The van der Waals surface area contributed by atoms with Crippen molar-refractivity contribution in [2.75, 3.05) is 29.5 Å². The minimum Gasteiger partial charge on any atom is -0.344 e. The van der Waals surface area contributed by atoms with Gasteiger partial charge in [0.2, 0.25) is 5.69 Å². The van der Waals surface area contributed by atoms with Crippen LogP contribution in [0.5, 0.6) is 0 Å². The highest BCUT2D eigenvalue weighted by Crippen LogP contribution is 2.48. The lowest BCUT2D eigenvalue weighted by Gasteiger charge is -2.27. The van der Waals surface area contributed by atoms with E-state index in [0.29, 0.717) is 38.8 Å². The van der Waals surface area contributed by atoms with E-state index in [1.54, 1.807) is 0 Å². The van der Waals surface area contributed by atoms with Gasteiger partial charge in [-0.15, -0.1) is 0 Å². The first kappa shape index (κ1) is 38.2. The molecule has 5 rings (SSSR count). The molecule has 2 N–H and O–H groups in total. The molecule has 0 radical (unpaired) electrons. The number of anilines is 1. The molecule has 0 saturated carbocycles. The Balaban J connectivity index is 1.45. The standard InChI is InChI=1S/C39H49ClN2O6S2/c1-28-17-20-34-32(27-28)39(4,5)36(42(34)24-9-11-26-50(46,47)48)22-19-30-14-12-13-29(37(30)40)18-21-35-38(2,3)31-15-6-7-16-33(31)41(35)23-8-10-25-49(43,44)45/h6-7,15-22,27H,8-14,23-26H2,1-5H3,(H-,43,44,45,46,47,48)/p+1. The van der Waals surface area contributed by atoms with E-state index < -0.39 is 20.2 Å². The monoisotopic (exact) mass is 741 g/mol. The molecule has 270 valence electrons. The summed E-state index contributed by atoms with van der Waals surface area (Å²) in [4.78, 5) is 2.28. The second kappa shape index (κ2) is 14.9. The maximum absolute atomic E-state index is 11.3. The molecule has 0 saturated heterocycles. The Labute approximate surface area is 303 Å². The molecule has 11 heteroatoms. The minimum atomic E-state index is -4.00. The fraction of sp³-hybridized carbons (Fsp3) is 0.462. The first-order valence-corrected chi connectivity index (χ1v) is 21.0. The summed E-state index contributed by atoms with van der Waals surface area (Å²) >= 11 is 7.16. The highest BCUT2D eigenvalue weighted by atomic mass is 35.5. The second-order valence-electron chi connectivity index (χ2n) is 14.7. The molecule has 2 aromatic rings. The van der Waals surface area contributed by atoms with Crippen LogP contribution >= 0.6 is 11.6 Å². The Morgan fingerprint density at radius 1 is 0.840 bits per heavy atom. The first-order valence-electron chi connectivity index (χ1n) is 17.4. The van der Waals surface area contributed by atoms with Crippen LogP contribution in [-0.2, 0) is 31.1 Å². The summed E-state index contributed by atoms with van der Waals surface area (Å²) < 4.78 is 66.0. The zero-order valence-electron chi connectivity index (χ0n) is 29.7. The van der Waals surface area contributed by atoms with Crippen LogP contribution in [0.4, 0.5) is 11.4 Å². The van der Waals surface area contributed by atoms with Crippen molar-refractivity contribution in [2.45, 2.75) is 90.4 Å². The van der Waals surface area contributed by atoms with Gasteiger partial charge in [0.25, 0.3) is 20.2 Å². The van der Waals surface area contributed by atoms with Crippen LogP contribution in [-0.4, -0.2) is 60.8 Å². The number of nitrogens with zero attached hydrogens (tertiary/aromatic N) is 2. The highest BCUT2D eigenvalue weighted by molar-refractivity contribution is 7.86. The van der Waals surface area contributed by atoms with Crippen LogP contribution in [0.15, 0.2) is 88.6 Å². The first-order chi connectivity index (χ1) is 23.4. The van der Waals surface area contributed by atoms with Gasteiger partial charge in [0.05, 0.1) is 16.9 Å². The average molecular weight is 742 g/mol. The number of benzene rings is 2. The molecule has 2 aromatic carbocycles. The lowest BCUT2D eigenvalue weighted by molar-refractivity contribution is -0.438. The van der Waals surface area contributed by atoms with Crippen molar-refractivity contribution < 1.29 is 30.5 Å². The summed E-state index contributed by atoms with van der Waals surface area (Å²) in [7, 11) is -8.00. The molecule has 0 bridgehead atoms. The van der Waals surface area contributed by atoms with Gasteiger partial charge in [0.15, 0.2) is 5.71 Å². The van der Waals surface area contributed by atoms with Gasteiger partial charge in [-0.05, 0) is 88.1 Å². The van der Waals surface area contributed by atoms with Crippen LogP contribution in [0.3, 0.4) is 0 Å². The molecule has 2 heterocycles. The number of unbranched alkanes of at least 4 members (excludes halogenated alkanes) is 2. The van der Waals surface area contributed by atoms with Crippen molar-refractivity contribution in [1.29, 1.82) is 0 Å². The number of fused-ring (bicyclic) bond motifs is 2. The van der Waals surface area contributed by atoms with Crippen molar-refractivity contribution >= 4 is 48.9 Å². The quantitative estimate of drug-likeness (QED) is 0.120. The number of halogens is 1. The summed E-state index contributed by atoms with van der Waals surface area (Å²) in [6, 6.07) is 14.8. The number of hydrogen-bond acceptors (Lipinski definition) is 5. The normalized spacial score (nSPS) is 20.4. The molecule has 1 aliphatic carbocycles. The SMILES string of the molecule is Cc1ccc2c(c1)C(C)(C)/C(=C\C=C1/CCCC(/C=C/C3=[N+](CCCCS(=O)(=O)O)c4ccccc4C3(C)C)=C1Cl)N2CCCCS(=O)(=O)O. The Kier molecular flexibility index (Phi) is 11.4. The van der Waals surface area contributed by atoms with E-state index in [0.717, 1.165) is 58.2 Å². The van der Waals surface area contributed by atoms with Gasteiger partial charge < -0.3 is 4.90 Å². The van der Waals surface area contributed by atoms with Crippen LogP contribution in [0.25, 0.3) is 0 Å². The lowest BCUT2D eigenvalue weighted by Crippen LogP contribution is -2.28. The number of allylic oxidation sites excluding steroid dienone is 8. The molecule has 0 atom stereocenters. The lowest BCUT2D eigenvalue weighted by atomic mass is 9.81. The average Bonchev–Trinajstić information content (AvgIpc) is 3.37. The zero-order chi connectivity index (χ0) is 36.5. The number of aryl methyl sites for hydroxylation is 1. The molecule has 0 unspecified atom stereocenters. The zero-order valence-corrected chi connectivity index (χ0v) is 32.1. The third-order valence-electron chi connectivity index (χ3n) is 10.3. The van der Waals surface area contributed by atoms with Gasteiger partial charge in [-0.25, -0.2) is 0 Å². The van der Waals surface area contributed by atoms with Gasteiger partial charge >= 0.3 is 0 Å². The largest absolute Gasteiger partial charge is 0.344 e. The third-order valence-corrected chi connectivity index (χ3v) is 12.4. The summed E-state index contributed by atoms with van der Waals surface area (Å²) in [6.45, 7) is 12.2. The molecule has 50 heavy (non-hydrogen) atoms. The third kappa shape index (κ3) is 8.53. The Morgan fingerprint density at radius 2 is 1.52 bits per heavy atom. The topological polar surface area (TPSA) is 115 Å². The predicted octanol–water partition coefficient (Wildman–Crippen LogP) is 8.55. The fourth-order valence-electron chi connectivity index (χ4n) is 7.59. The minimum absolute atomic E-state index is 0.250. The summed E-state index contributed by atoms with van der Waals surface area (Å²) in [5.74, 6) is -0.501. The second-order valence-corrected chi connectivity index (χ2v) is 18.3. The van der Waals surface area contributed by atoms with E-state index in [1.165, 1.54) is 16.7 Å². The number of hydrogen-bond donors (Lipinski definition) is 2. The van der Waals surface area contributed by atoms with Crippen LogP contribution < -0.4 is 4.90 Å². The molecule has 2 aliphatic heterocycles. The van der Waals surface area contributed by atoms with Crippen molar-refractivity contribution in [3.05, 3.63) is 105 Å². The van der Waals surface area contributed by atoms with E-state index >= 15 is 0 Å². The molecule has 0 fully saturated rings. The number of rotatable bonds is 13. The molecular weight excluding hydrogens is 692 g/mol. The van der Waals surface area contributed by atoms with Crippen LogP contribution in [0, 0.1) is 6.92 Å². The molecule has 0 aromatic heterocycles. The van der Waals surface area contributed by atoms with Crippen LogP contribution in [0.1, 0.15) is 89.3 Å². The fourth-order valence-corrected chi connectivity index (χ4v) is 9.04. The van der Waals surface area contributed by atoms with Crippen molar-refractivity contribution in [2.24, 2.45) is 0 Å². The van der Waals surface area contributed by atoms with Crippen LogP contribution in [0.2, 0.25) is 0 Å². The molecule has 8 nitrogen and oxygen atoms in total. The maximum Gasteiger partial charge on any atom is 0.264 e. The molecular formula is C39H50ClN2O6S2+. The van der Waals surface area contributed by atoms with E-state index in [4.69, 9.17) is 11.6 Å². The van der Waals surface area contributed by atoms with Gasteiger partial charge in [-0.1, -0.05) is 73.5 Å². The molecule has 3 aliphatic rings. The van der Waals surface area contributed by atoms with E-state index in [9.17, 15) is 25.9 Å². The molecule has 0 spiro atoms. The predicted molar refractivity (Wildman–Crippen MR) is 204 cm³/mol. The van der Waals surface area contributed by atoms with E-state index in [1.807, 2.05) is 12.1 Å². The summed E-state index contributed by atoms with van der Waals surface area (Å²) in [5.41, 5.74) is 9.67. The van der Waals surface area contributed by atoms with E-state index in [2.05, 4.69) is 98.7 Å². The summed E-state index contributed by atoms with van der Waals surface area (Å²) in [5, 5.41) is 0.752. The number of para-hydroxylation sites is 1. The molecule has 0 amide bonds. The summed E-state index contributed by atoms with van der Waals surface area (Å²) in [6.07, 6.45) is 13.3. The van der Waals surface area contributed by atoms with Crippen molar-refractivity contribution in [1.82, 2.24) is 0 Å². The maximum atomic E-state index is 11.3. The van der Waals surface area contributed by atoms with Crippen molar-refractivity contribution in [3.63, 3.8) is 0 Å². The highest BCUT2D eigenvalue weighted by Gasteiger charge is 2.44. The van der Waals surface area contributed by atoms with Gasteiger partial charge in [0.1, 0.15) is 6.54 Å². The Hall–Kier alpha value is -3.02. The Bertz CT molecular complexity index is 2020.